The maximum atomic E-state index is 13.9. The molecule has 0 aromatic carbocycles. The molecule has 0 amide bonds. The van der Waals surface area contributed by atoms with Crippen molar-refractivity contribution in [2.75, 3.05) is 7.05 Å². The molecule has 0 unspecified atom stereocenters. The van der Waals surface area contributed by atoms with Crippen LogP contribution in [0.25, 0.3) is 0 Å². The van der Waals surface area contributed by atoms with Crippen molar-refractivity contribution in [2.24, 2.45) is 12.0 Å². The molecule has 0 fully saturated rings. The van der Waals surface area contributed by atoms with E-state index in [0.717, 1.165) is 10.6 Å². The van der Waals surface area contributed by atoms with Crippen molar-refractivity contribution in [2.45, 2.75) is 6.42 Å². The van der Waals surface area contributed by atoms with E-state index < -0.39 is 21.5 Å². The smallest absolute Gasteiger partial charge is 0.278 e. The van der Waals surface area contributed by atoms with E-state index in [-0.39, 0.29) is 30.9 Å². The molecule has 1 heterocycles. The van der Waals surface area contributed by atoms with Gasteiger partial charge >= 0.3 is 5.69 Å². The number of hydrogen-bond donors (Lipinski definition) is 0. The summed E-state index contributed by atoms with van der Waals surface area (Å²) in [5.41, 5.74) is -1.23. The fourth-order valence-corrected chi connectivity index (χ4v) is 4.15. The average molecular weight is 354 g/mol. The molecular formula is C11H10Cl2FN3O3S. The van der Waals surface area contributed by atoms with E-state index in [9.17, 15) is 17.6 Å². The lowest BCUT2D eigenvalue weighted by Gasteiger charge is -2.10. The molecule has 0 saturated heterocycles. The van der Waals surface area contributed by atoms with Gasteiger partial charge in [-0.05, 0) is 6.08 Å². The van der Waals surface area contributed by atoms with Crippen LogP contribution in [0, 0.1) is 5.82 Å². The summed E-state index contributed by atoms with van der Waals surface area (Å²) in [6, 6.07) is 0. The predicted octanol–water partition coefficient (Wildman–Crippen LogP) is 1.01. The molecule has 1 aliphatic rings. The Balaban J connectivity index is 2.81. The van der Waals surface area contributed by atoms with Crippen LogP contribution in [0.5, 0.6) is 0 Å². The second kappa shape index (κ2) is 5.43. The van der Waals surface area contributed by atoms with Gasteiger partial charge in [-0.1, -0.05) is 23.2 Å². The molecule has 0 atom stereocenters. The van der Waals surface area contributed by atoms with E-state index in [4.69, 9.17) is 23.2 Å². The summed E-state index contributed by atoms with van der Waals surface area (Å²) < 4.78 is 39.8. The minimum absolute atomic E-state index is 0.0285. The molecule has 1 aromatic rings. The van der Waals surface area contributed by atoms with Crippen LogP contribution < -0.4 is 11.2 Å². The van der Waals surface area contributed by atoms with Crippen LogP contribution in [0.4, 0.5) is 4.39 Å². The topological polar surface area (TPSA) is 73.4 Å². The van der Waals surface area contributed by atoms with Crippen LogP contribution in [0.15, 0.2) is 37.0 Å². The number of allylic oxidation sites excluding steroid dienone is 3. The maximum absolute atomic E-state index is 13.9. The monoisotopic (exact) mass is 353 g/mol. The molecular weight excluding hydrogens is 344 g/mol. The maximum Gasteiger partial charge on any atom is 0.343 e. The number of nitrogens with zero attached hydrogens (tertiary/aromatic N) is 3. The Kier molecular flexibility index (Phi) is 4.14. The van der Waals surface area contributed by atoms with Gasteiger partial charge in [-0.15, -0.1) is 0 Å². The fraction of sp³-hybridized carbons (Fsp3) is 0.273. The highest BCUT2D eigenvalue weighted by molar-refractivity contribution is 7.94. The number of rotatable bonds is 2. The van der Waals surface area contributed by atoms with Crippen LogP contribution in [-0.4, -0.2) is 24.0 Å². The van der Waals surface area contributed by atoms with Crippen molar-refractivity contribution in [3.05, 3.63) is 49.0 Å². The van der Waals surface area contributed by atoms with Gasteiger partial charge in [0.2, 0.25) is 0 Å². The van der Waals surface area contributed by atoms with Gasteiger partial charge in [-0.3, -0.25) is 9.56 Å². The summed E-state index contributed by atoms with van der Waals surface area (Å²) in [5, 5.41) is 0.191. The zero-order chi connectivity index (χ0) is 15.9. The molecule has 6 nitrogen and oxygen atoms in total. The molecule has 0 saturated carbocycles. The average Bonchev–Trinajstić information content (AvgIpc) is 2.74. The van der Waals surface area contributed by atoms with Crippen LogP contribution in [0.2, 0.25) is 0 Å². The van der Waals surface area contributed by atoms with Crippen LogP contribution >= 0.6 is 23.2 Å². The first kappa shape index (κ1) is 16.0. The van der Waals surface area contributed by atoms with Crippen LogP contribution in [0.3, 0.4) is 0 Å². The molecule has 0 spiro atoms. The third-order valence-corrected chi connectivity index (χ3v) is 5.26. The Labute approximate surface area is 129 Å². The van der Waals surface area contributed by atoms with E-state index in [2.05, 4.69) is 4.99 Å². The van der Waals surface area contributed by atoms with E-state index in [1.807, 2.05) is 0 Å². The molecule has 0 bridgehead atoms. The minimum Gasteiger partial charge on any atom is -0.278 e. The van der Waals surface area contributed by atoms with Gasteiger partial charge in [-0.25, -0.2) is 17.6 Å². The number of aromatic nitrogens is 2. The first-order chi connectivity index (χ1) is 9.70. The van der Waals surface area contributed by atoms with E-state index in [1.54, 1.807) is 0 Å². The Morgan fingerprint density at radius 1 is 1.38 bits per heavy atom. The van der Waals surface area contributed by atoms with Crippen molar-refractivity contribution in [1.82, 2.24) is 8.54 Å². The first-order valence-electron chi connectivity index (χ1n) is 5.61. The van der Waals surface area contributed by atoms with E-state index in [0.29, 0.717) is 6.20 Å². The fourth-order valence-electron chi connectivity index (χ4n) is 1.87. The van der Waals surface area contributed by atoms with Gasteiger partial charge in [0.1, 0.15) is 4.91 Å². The zero-order valence-electron chi connectivity index (χ0n) is 11.0. The lowest BCUT2D eigenvalue weighted by Crippen LogP contribution is -2.42. The summed E-state index contributed by atoms with van der Waals surface area (Å²) >= 11 is 11.6. The normalized spacial score (nSPS) is 16.6. The minimum atomic E-state index is -4.33. The summed E-state index contributed by atoms with van der Waals surface area (Å²) in [4.78, 5) is 15.4. The Bertz CT molecular complexity index is 910. The second-order valence-corrected chi connectivity index (χ2v) is 6.93. The third-order valence-electron chi connectivity index (χ3n) is 2.87. The van der Waals surface area contributed by atoms with Gasteiger partial charge in [0.05, 0.1) is 6.20 Å². The molecule has 10 heteroatoms. The lowest BCUT2D eigenvalue weighted by molar-refractivity contribution is 0.540. The summed E-state index contributed by atoms with van der Waals surface area (Å²) in [6.07, 6.45) is 1.77. The highest BCUT2D eigenvalue weighted by Crippen LogP contribution is 2.33. The number of hydrogen-bond acceptors (Lipinski definition) is 4. The molecule has 1 aromatic heterocycles. The number of halogens is 3. The molecule has 2 rings (SSSR count). The summed E-state index contributed by atoms with van der Waals surface area (Å²) in [7, 11) is -1.83. The summed E-state index contributed by atoms with van der Waals surface area (Å²) in [6.45, 7) is 0. The van der Waals surface area contributed by atoms with Crippen molar-refractivity contribution < 1.29 is 12.8 Å². The largest absolute Gasteiger partial charge is 0.343 e. The van der Waals surface area contributed by atoms with Crippen molar-refractivity contribution in [1.29, 1.82) is 0 Å². The van der Waals surface area contributed by atoms with Crippen LogP contribution in [0.1, 0.15) is 6.42 Å². The van der Waals surface area contributed by atoms with Gasteiger partial charge < -0.3 is 0 Å². The van der Waals surface area contributed by atoms with Crippen molar-refractivity contribution >= 4 is 33.2 Å². The van der Waals surface area contributed by atoms with Crippen LogP contribution in [-0.2, 0) is 17.1 Å². The van der Waals surface area contributed by atoms with E-state index in [1.165, 1.54) is 14.1 Å². The predicted molar refractivity (Wildman–Crippen MR) is 76.9 cm³/mol. The first-order valence-corrected chi connectivity index (χ1v) is 7.81. The van der Waals surface area contributed by atoms with Crippen molar-refractivity contribution in [3.63, 3.8) is 0 Å². The Morgan fingerprint density at radius 2 is 2.00 bits per heavy atom. The molecule has 0 aliphatic heterocycles. The molecule has 21 heavy (non-hydrogen) atoms. The second-order valence-electron chi connectivity index (χ2n) is 4.20. The highest BCUT2D eigenvalue weighted by atomic mass is 35.5. The zero-order valence-corrected chi connectivity index (χ0v) is 13.3. The summed E-state index contributed by atoms with van der Waals surface area (Å²) in [5.74, 6) is -0.951. The van der Waals surface area contributed by atoms with Gasteiger partial charge in [0, 0.05) is 30.6 Å². The standard InChI is InChI=1S/C11H10Cl2FN3O3S/c1-15-10-8(14)5-17(11(18)16(10)2)21(19,20)9-4-6(12)3-7(9)13/h4-5H,3H2,1-2H3. The quantitative estimate of drug-likeness (QED) is 0.796. The molecule has 0 N–H and O–H groups in total. The SMILES string of the molecule is CN=c1c(F)cn(S(=O)(=O)C2=C(Cl)CC(Cl)=C2)c(=O)n1C. The lowest BCUT2D eigenvalue weighted by atomic mass is 10.5. The third kappa shape index (κ3) is 2.58. The Morgan fingerprint density at radius 3 is 2.48 bits per heavy atom. The Hall–Kier alpha value is -1.38. The van der Waals surface area contributed by atoms with Gasteiger partial charge in [0.25, 0.3) is 10.0 Å². The van der Waals surface area contributed by atoms with Gasteiger partial charge in [-0.2, -0.15) is 3.97 Å². The molecule has 114 valence electrons. The van der Waals surface area contributed by atoms with Crippen molar-refractivity contribution in [3.8, 4) is 0 Å². The molecule has 0 radical (unpaired) electrons. The van der Waals surface area contributed by atoms with Gasteiger partial charge in [0.15, 0.2) is 11.3 Å². The highest BCUT2D eigenvalue weighted by Gasteiger charge is 2.28. The van der Waals surface area contributed by atoms with E-state index >= 15 is 0 Å². The molecule has 1 aliphatic carbocycles.